The van der Waals surface area contributed by atoms with Crippen LogP contribution >= 0.6 is 0 Å². The topological polar surface area (TPSA) is 76.1 Å². The molecule has 0 radical (unpaired) electrons. The van der Waals surface area contributed by atoms with Gasteiger partial charge in [-0.3, -0.25) is 9.59 Å². The zero-order chi connectivity index (χ0) is 23.1. The first-order valence-corrected chi connectivity index (χ1v) is 10.7. The fraction of sp³-hybridized carbons (Fsp3) is 0.360. The van der Waals surface area contributed by atoms with Crippen LogP contribution in [-0.2, 0) is 14.3 Å². The Morgan fingerprint density at radius 3 is 2.53 bits per heavy atom. The number of aliphatic hydroxyl groups excluding tert-OH is 1. The van der Waals surface area contributed by atoms with E-state index in [9.17, 15) is 19.1 Å². The van der Waals surface area contributed by atoms with Gasteiger partial charge in [-0.1, -0.05) is 31.9 Å². The molecule has 1 aliphatic heterocycles. The van der Waals surface area contributed by atoms with Crippen molar-refractivity contribution in [1.82, 2.24) is 4.90 Å². The number of Topliss-reactive ketones (excluding diaryl/α,β-unsaturated/α-hetero) is 1. The number of hydrogen-bond donors (Lipinski definition) is 1. The van der Waals surface area contributed by atoms with E-state index in [0.717, 1.165) is 19.3 Å². The molecule has 3 rings (SSSR count). The molecule has 0 aliphatic carbocycles. The Balaban J connectivity index is 2.02. The molecule has 0 aromatic heterocycles. The van der Waals surface area contributed by atoms with Gasteiger partial charge in [0.2, 0.25) is 0 Å². The minimum atomic E-state index is -0.811. The first-order valence-electron chi connectivity index (χ1n) is 10.7. The van der Waals surface area contributed by atoms with Crippen LogP contribution in [0.15, 0.2) is 54.1 Å². The number of unbranched alkanes of at least 4 members (excludes halogenated alkanes) is 2. The summed E-state index contributed by atoms with van der Waals surface area (Å²) < 4.78 is 24.3. The van der Waals surface area contributed by atoms with Crippen molar-refractivity contribution >= 4 is 17.4 Å². The van der Waals surface area contributed by atoms with E-state index in [4.69, 9.17) is 9.47 Å². The number of likely N-dealkylation sites (tertiary alicyclic amines) is 1. The molecule has 1 amide bonds. The first-order chi connectivity index (χ1) is 15.5. The van der Waals surface area contributed by atoms with Gasteiger partial charge < -0.3 is 19.5 Å². The van der Waals surface area contributed by atoms with Crippen LogP contribution in [0.3, 0.4) is 0 Å². The molecule has 1 heterocycles. The van der Waals surface area contributed by atoms with Crippen molar-refractivity contribution in [3.05, 3.63) is 71.0 Å². The molecule has 2 aromatic rings. The third-order valence-corrected chi connectivity index (χ3v) is 5.38. The minimum Gasteiger partial charge on any atom is -0.507 e. The average molecular weight is 441 g/mol. The molecule has 1 saturated heterocycles. The predicted molar refractivity (Wildman–Crippen MR) is 119 cm³/mol. The number of ketones is 1. The monoisotopic (exact) mass is 441 g/mol. The van der Waals surface area contributed by atoms with E-state index in [1.54, 1.807) is 18.2 Å². The Bertz CT molecular complexity index is 986. The molecule has 0 spiro atoms. The second-order valence-electron chi connectivity index (χ2n) is 7.62. The summed E-state index contributed by atoms with van der Waals surface area (Å²) in [5.41, 5.74) is 0.853. The van der Waals surface area contributed by atoms with Gasteiger partial charge in [-0.05, 0) is 48.4 Å². The summed E-state index contributed by atoms with van der Waals surface area (Å²) in [6, 6.07) is 11.5. The van der Waals surface area contributed by atoms with Crippen molar-refractivity contribution in [3.63, 3.8) is 0 Å². The smallest absolute Gasteiger partial charge is 0.295 e. The third kappa shape index (κ3) is 5.16. The van der Waals surface area contributed by atoms with Crippen LogP contribution < -0.4 is 4.74 Å². The lowest BCUT2D eigenvalue weighted by molar-refractivity contribution is -0.140. The maximum Gasteiger partial charge on any atom is 0.295 e. The summed E-state index contributed by atoms with van der Waals surface area (Å²) in [4.78, 5) is 27.1. The molecule has 7 heteroatoms. The fourth-order valence-electron chi connectivity index (χ4n) is 3.73. The summed E-state index contributed by atoms with van der Waals surface area (Å²) in [5.74, 6) is -1.70. The van der Waals surface area contributed by atoms with Crippen molar-refractivity contribution in [2.45, 2.75) is 32.2 Å². The number of halogens is 1. The van der Waals surface area contributed by atoms with Gasteiger partial charge in [0.1, 0.15) is 17.3 Å². The van der Waals surface area contributed by atoms with Crippen LogP contribution in [-0.4, -0.2) is 48.6 Å². The zero-order valence-electron chi connectivity index (χ0n) is 18.3. The van der Waals surface area contributed by atoms with Crippen molar-refractivity contribution in [2.24, 2.45) is 0 Å². The number of hydrogen-bond acceptors (Lipinski definition) is 5. The number of ether oxygens (including phenoxy) is 2. The number of methoxy groups -OCH3 is 1. The highest BCUT2D eigenvalue weighted by molar-refractivity contribution is 6.46. The summed E-state index contributed by atoms with van der Waals surface area (Å²) >= 11 is 0. The van der Waals surface area contributed by atoms with Crippen molar-refractivity contribution < 1.29 is 28.6 Å². The Morgan fingerprint density at radius 2 is 1.84 bits per heavy atom. The van der Waals surface area contributed by atoms with Crippen LogP contribution in [0, 0.1) is 5.82 Å². The van der Waals surface area contributed by atoms with Crippen molar-refractivity contribution in [3.8, 4) is 5.75 Å². The number of nitrogens with zero attached hydrogens (tertiary/aromatic N) is 1. The lowest BCUT2D eigenvalue weighted by Crippen LogP contribution is -2.32. The molecule has 32 heavy (non-hydrogen) atoms. The standard InChI is InChI=1S/C25H28FNO5/c1-3-4-5-14-32-20-8-6-7-18(16-20)22-21(23(28)17-9-11-19(26)12-10-17)24(29)25(30)27(22)13-15-31-2/h6-12,16,22,28H,3-5,13-15H2,1-2H3. The van der Waals surface area contributed by atoms with Gasteiger partial charge in [-0.25, -0.2) is 4.39 Å². The summed E-state index contributed by atoms with van der Waals surface area (Å²) in [5, 5.41) is 10.9. The number of rotatable bonds is 10. The predicted octanol–water partition coefficient (Wildman–Crippen LogP) is 4.46. The summed E-state index contributed by atoms with van der Waals surface area (Å²) in [7, 11) is 1.51. The third-order valence-electron chi connectivity index (χ3n) is 5.38. The molecule has 0 saturated carbocycles. The zero-order valence-corrected chi connectivity index (χ0v) is 18.3. The molecule has 1 fully saturated rings. The van der Waals surface area contributed by atoms with Crippen LogP contribution in [0.5, 0.6) is 5.75 Å². The largest absolute Gasteiger partial charge is 0.507 e. The quantitative estimate of drug-likeness (QED) is 0.255. The van der Waals surface area contributed by atoms with E-state index in [1.807, 2.05) is 6.07 Å². The van der Waals surface area contributed by atoms with Gasteiger partial charge >= 0.3 is 0 Å². The van der Waals surface area contributed by atoms with Gasteiger partial charge in [-0.15, -0.1) is 0 Å². The number of amides is 1. The fourth-order valence-corrected chi connectivity index (χ4v) is 3.73. The van der Waals surface area contributed by atoms with E-state index < -0.39 is 23.5 Å². The lowest BCUT2D eigenvalue weighted by Gasteiger charge is -2.25. The molecule has 1 aliphatic rings. The van der Waals surface area contributed by atoms with E-state index in [0.29, 0.717) is 17.9 Å². The lowest BCUT2D eigenvalue weighted by atomic mass is 9.95. The normalized spacial score (nSPS) is 17.7. The van der Waals surface area contributed by atoms with E-state index >= 15 is 0 Å². The van der Waals surface area contributed by atoms with E-state index in [-0.39, 0.29) is 30.0 Å². The van der Waals surface area contributed by atoms with Crippen LogP contribution in [0.4, 0.5) is 4.39 Å². The highest BCUT2D eigenvalue weighted by Crippen LogP contribution is 2.40. The maximum atomic E-state index is 13.3. The Kier molecular flexibility index (Phi) is 8.00. The minimum absolute atomic E-state index is 0.0409. The second kappa shape index (κ2) is 10.9. The van der Waals surface area contributed by atoms with Gasteiger partial charge in [-0.2, -0.15) is 0 Å². The van der Waals surface area contributed by atoms with E-state index in [2.05, 4.69) is 6.92 Å². The number of benzene rings is 2. The highest BCUT2D eigenvalue weighted by atomic mass is 19.1. The molecule has 0 bridgehead atoms. The van der Waals surface area contributed by atoms with Gasteiger partial charge in [0, 0.05) is 19.2 Å². The second-order valence-corrected chi connectivity index (χ2v) is 7.62. The van der Waals surface area contributed by atoms with E-state index in [1.165, 1.54) is 36.3 Å². The summed E-state index contributed by atoms with van der Waals surface area (Å²) in [6.45, 7) is 3.09. The summed E-state index contributed by atoms with van der Waals surface area (Å²) in [6.07, 6.45) is 3.08. The molecular weight excluding hydrogens is 413 g/mol. The molecule has 1 unspecified atom stereocenters. The van der Waals surface area contributed by atoms with Crippen molar-refractivity contribution in [1.29, 1.82) is 0 Å². The molecule has 1 N–H and O–H groups in total. The van der Waals surface area contributed by atoms with Crippen LogP contribution in [0.1, 0.15) is 43.4 Å². The number of carbonyl (C=O) groups excluding carboxylic acids is 2. The number of carbonyl (C=O) groups is 2. The Labute approximate surface area is 187 Å². The average Bonchev–Trinajstić information content (AvgIpc) is 3.05. The first kappa shape index (κ1) is 23.5. The number of aliphatic hydroxyl groups is 1. The Hall–Kier alpha value is -3.19. The van der Waals surface area contributed by atoms with Crippen molar-refractivity contribution in [2.75, 3.05) is 26.9 Å². The van der Waals surface area contributed by atoms with Gasteiger partial charge in [0.15, 0.2) is 0 Å². The van der Waals surface area contributed by atoms with Gasteiger partial charge in [0.25, 0.3) is 11.7 Å². The van der Waals surface area contributed by atoms with Crippen LogP contribution in [0.25, 0.3) is 5.76 Å². The molecule has 170 valence electrons. The molecule has 2 aromatic carbocycles. The SMILES string of the molecule is CCCCCOc1cccc(C2C(=C(O)c3ccc(F)cc3)C(=O)C(=O)N2CCOC)c1. The van der Waals surface area contributed by atoms with Crippen LogP contribution in [0.2, 0.25) is 0 Å². The highest BCUT2D eigenvalue weighted by Gasteiger charge is 2.46. The molecular formula is C25H28FNO5. The molecule has 6 nitrogen and oxygen atoms in total. The van der Waals surface area contributed by atoms with Gasteiger partial charge in [0.05, 0.1) is 24.8 Å². The molecule has 1 atom stereocenters. The Morgan fingerprint density at radius 1 is 1.09 bits per heavy atom. The maximum absolute atomic E-state index is 13.3.